The van der Waals surface area contributed by atoms with Crippen molar-refractivity contribution in [2.24, 2.45) is 5.92 Å². The molecule has 0 bridgehead atoms. The molecule has 0 unspecified atom stereocenters. The summed E-state index contributed by atoms with van der Waals surface area (Å²) in [6.45, 7) is 5.65. The Balaban J connectivity index is 2.26. The Morgan fingerprint density at radius 1 is 1.41 bits per heavy atom. The highest BCUT2D eigenvalue weighted by Gasteiger charge is 2.23. The number of carbonyl (C=O) groups excluding carboxylic acids is 1. The number of hydrogen-bond acceptors (Lipinski definition) is 6. The summed E-state index contributed by atoms with van der Waals surface area (Å²) in [5.41, 5.74) is 1.15. The maximum absolute atomic E-state index is 13.2. The van der Waals surface area contributed by atoms with Crippen LogP contribution in [0.3, 0.4) is 0 Å². The van der Waals surface area contributed by atoms with Crippen molar-refractivity contribution in [1.29, 1.82) is 5.26 Å². The Morgan fingerprint density at radius 3 is 2.74 bits per heavy atom. The number of piperidine rings is 1. The molecule has 3 heterocycles. The van der Waals surface area contributed by atoms with Gasteiger partial charge in [0.1, 0.15) is 23.1 Å². The van der Waals surface area contributed by atoms with Crippen molar-refractivity contribution in [3.05, 3.63) is 45.4 Å². The SMILES string of the molecule is COC(=O)C(C#N)=Cc1c(N2CCC(C)CC2)nc2c(C)cccn2c1=O. The summed E-state index contributed by atoms with van der Waals surface area (Å²) < 4.78 is 6.10. The van der Waals surface area contributed by atoms with E-state index in [0.717, 1.165) is 31.5 Å². The van der Waals surface area contributed by atoms with Crippen LogP contribution in [0.15, 0.2) is 28.7 Å². The molecule has 0 radical (unpaired) electrons. The van der Waals surface area contributed by atoms with Crippen molar-refractivity contribution in [2.45, 2.75) is 26.7 Å². The Kier molecular flexibility index (Phi) is 5.26. The summed E-state index contributed by atoms with van der Waals surface area (Å²) in [5.74, 6) is 0.357. The number of methoxy groups -OCH3 is 1. The lowest BCUT2D eigenvalue weighted by Crippen LogP contribution is -2.36. The minimum atomic E-state index is -0.774. The van der Waals surface area contributed by atoms with E-state index >= 15 is 0 Å². The molecule has 0 aromatic carbocycles. The van der Waals surface area contributed by atoms with Crippen LogP contribution in [0.4, 0.5) is 5.82 Å². The van der Waals surface area contributed by atoms with Crippen LogP contribution < -0.4 is 10.5 Å². The second-order valence-corrected chi connectivity index (χ2v) is 6.87. The Labute approximate surface area is 157 Å². The Hall–Kier alpha value is -3.14. The zero-order chi connectivity index (χ0) is 19.6. The van der Waals surface area contributed by atoms with Gasteiger partial charge in [0.05, 0.1) is 12.7 Å². The smallest absolute Gasteiger partial charge is 0.348 e. The molecule has 0 N–H and O–H groups in total. The quantitative estimate of drug-likeness (QED) is 0.471. The molecule has 3 rings (SSSR count). The first kappa shape index (κ1) is 18.6. The van der Waals surface area contributed by atoms with E-state index in [-0.39, 0.29) is 16.7 Å². The van der Waals surface area contributed by atoms with Gasteiger partial charge in [-0.3, -0.25) is 9.20 Å². The molecule has 1 saturated heterocycles. The molecule has 0 spiro atoms. The predicted octanol–water partition coefficient (Wildman–Crippen LogP) is 2.32. The standard InChI is InChI=1S/C20H22N4O3/c1-13-6-9-23(10-7-13)18-16(11-15(12-21)20(26)27-3)19(25)24-8-4-5-14(2)17(24)22-18/h4-5,8,11,13H,6-7,9-10H2,1-3H3. The van der Waals surface area contributed by atoms with Crippen molar-refractivity contribution < 1.29 is 9.53 Å². The third-order valence-corrected chi connectivity index (χ3v) is 4.96. The highest BCUT2D eigenvalue weighted by atomic mass is 16.5. The van der Waals surface area contributed by atoms with Gasteiger partial charge in [0.2, 0.25) is 0 Å². The predicted molar refractivity (Wildman–Crippen MR) is 102 cm³/mol. The molecular weight excluding hydrogens is 344 g/mol. The summed E-state index contributed by atoms with van der Waals surface area (Å²) in [7, 11) is 1.20. The van der Waals surface area contributed by atoms with Gasteiger partial charge in [-0.25, -0.2) is 9.78 Å². The summed E-state index contributed by atoms with van der Waals surface area (Å²) in [4.78, 5) is 31.8. The zero-order valence-electron chi connectivity index (χ0n) is 15.7. The second-order valence-electron chi connectivity index (χ2n) is 6.87. The minimum Gasteiger partial charge on any atom is -0.465 e. The number of fused-ring (bicyclic) bond motifs is 1. The van der Waals surface area contributed by atoms with Crippen LogP contribution in [0, 0.1) is 24.2 Å². The van der Waals surface area contributed by atoms with Crippen LogP contribution in [0.2, 0.25) is 0 Å². The van der Waals surface area contributed by atoms with Crippen LogP contribution in [0.1, 0.15) is 30.9 Å². The fourth-order valence-electron chi connectivity index (χ4n) is 3.28. The second kappa shape index (κ2) is 7.62. The van der Waals surface area contributed by atoms with Crippen molar-refractivity contribution in [3.63, 3.8) is 0 Å². The van der Waals surface area contributed by atoms with E-state index in [2.05, 4.69) is 16.6 Å². The van der Waals surface area contributed by atoms with E-state index in [4.69, 9.17) is 4.98 Å². The lowest BCUT2D eigenvalue weighted by Gasteiger charge is -2.32. The number of anilines is 1. The lowest BCUT2D eigenvalue weighted by atomic mass is 9.99. The lowest BCUT2D eigenvalue weighted by molar-refractivity contribution is -0.135. The molecule has 0 amide bonds. The molecule has 27 heavy (non-hydrogen) atoms. The molecule has 0 atom stereocenters. The van der Waals surface area contributed by atoms with Crippen molar-refractivity contribution >= 4 is 23.5 Å². The summed E-state index contributed by atoms with van der Waals surface area (Å²) >= 11 is 0. The molecule has 1 fully saturated rings. The number of esters is 1. The molecule has 0 saturated carbocycles. The van der Waals surface area contributed by atoms with Gasteiger partial charge >= 0.3 is 5.97 Å². The van der Waals surface area contributed by atoms with Crippen LogP contribution in [0.5, 0.6) is 0 Å². The highest BCUT2D eigenvalue weighted by molar-refractivity contribution is 5.98. The van der Waals surface area contributed by atoms with Crippen LogP contribution in [-0.4, -0.2) is 35.6 Å². The first-order valence-electron chi connectivity index (χ1n) is 8.93. The van der Waals surface area contributed by atoms with Crippen LogP contribution >= 0.6 is 0 Å². The number of pyridine rings is 1. The van der Waals surface area contributed by atoms with E-state index in [9.17, 15) is 14.9 Å². The summed E-state index contributed by atoms with van der Waals surface area (Å²) in [6, 6.07) is 5.49. The zero-order valence-corrected chi connectivity index (χ0v) is 15.7. The molecule has 7 heteroatoms. The monoisotopic (exact) mass is 366 g/mol. The molecule has 2 aromatic rings. The Morgan fingerprint density at radius 2 is 2.11 bits per heavy atom. The van der Waals surface area contributed by atoms with E-state index in [1.807, 2.05) is 19.1 Å². The van der Waals surface area contributed by atoms with Crippen molar-refractivity contribution in [2.75, 3.05) is 25.1 Å². The molecule has 2 aromatic heterocycles. The highest BCUT2D eigenvalue weighted by Crippen LogP contribution is 2.25. The van der Waals surface area contributed by atoms with Crippen LogP contribution in [0.25, 0.3) is 11.7 Å². The number of nitrogens with zero attached hydrogens (tertiary/aromatic N) is 4. The number of ether oxygens (including phenoxy) is 1. The van der Waals surface area contributed by atoms with Gasteiger partial charge in [-0.1, -0.05) is 13.0 Å². The molecular formula is C20H22N4O3. The van der Waals surface area contributed by atoms with E-state index in [1.165, 1.54) is 17.6 Å². The fraction of sp³-hybridized carbons (Fsp3) is 0.400. The third-order valence-electron chi connectivity index (χ3n) is 4.96. The number of carbonyl (C=O) groups is 1. The maximum atomic E-state index is 13.2. The van der Waals surface area contributed by atoms with Gasteiger partial charge in [-0.15, -0.1) is 0 Å². The number of rotatable bonds is 3. The molecule has 0 aliphatic carbocycles. The summed E-state index contributed by atoms with van der Waals surface area (Å²) in [6.07, 6.45) is 4.94. The maximum Gasteiger partial charge on any atom is 0.348 e. The number of aromatic nitrogens is 2. The number of nitriles is 1. The van der Waals surface area contributed by atoms with Gasteiger partial charge in [0.15, 0.2) is 0 Å². The van der Waals surface area contributed by atoms with Crippen molar-refractivity contribution in [1.82, 2.24) is 9.38 Å². The molecule has 1 aliphatic heterocycles. The largest absolute Gasteiger partial charge is 0.465 e. The minimum absolute atomic E-state index is 0.226. The van der Waals surface area contributed by atoms with Gasteiger partial charge in [-0.2, -0.15) is 5.26 Å². The topological polar surface area (TPSA) is 87.7 Å². The average molecular weight is 366 g/mol. The first-order valence-corrected chi connectivity index (χ1v) is 8.93. The van der Waals surface area contributed by atoms with Gasteiger partial charge < -0.3 is 9.64 Å². The van der Waals surface area contributed by atoms with E-state index in [1.54, 1.807) is 12.3 Å². The first-order chi connectivity index (χ1) is 13.0. The molecule has 1 aliphatic rings. The van der Waals surface area contributed by atoms with Gasteiger partial charge in [0.25, 0.3) is 5.56 Å². The Bertz CT molecular complexity index is 1010. The average Bonchev–Trinajstić information content (AvgIpc) is 2.68. The van der Waals surface area contributed by atoms with Crippen molar-refractivity contribution in [3.8, 4) is 6.07 Å². The van der Waals surface area contributed by atoms with Crippen LogP contribution in [-0.2, 0) is 9.53 Å². The normalized spacial score (nSPS) is 15.6. The summed E-state index contributed by atoms with van der Waals surface area (Å²) in [5, 5.41) is 9.31. The number of aryl methyl sites for hydroxylation is 1. The molecule has 7 nitrogen and oxygen atoms in total. The van der Waals surface area contributed by atoms with Gasteiger partial charge in [0, 0.05) is 19.3 Å². The molecule has 140 valence electrons. The van der Waals surface area contributed by atoms with E-state index < -0.39 is 5.97 Å². The van der Waals surface area contributed by atoms with E-state index in [0.29, 0.717) is 17.4 Å². The number of hydrogen-bond donors (Lipinski definition) is 0. The third kappa shape index (κ3) is 3.56. The fourth-order valence-corrected chi connectivity index (χ4v) is 3.28. The van der Waals surface area contributed by atoms with Gasteiger partial charge in [-0.05, 0) is 43.4 Å².